The Morgan fingerprint density at radius 1 is 1.67 bits per heavy atom. The number of hydrogen-bond acceptors (Lipinski definition) is 3. The summed E-state index contributed by atoms with van der Waals surface area (Å²) in [6.45, 7) is 0.553. The third-order valence-corrected chi connectivity index (χ3v) is 1.82. The van der Waals surface area contributed by atoms with Gasteiger partial charge in [-0.25, -0.2) is 0 Å². The highest BCUT2D eigenvalue weighted by Crippen LogP contribution is 2.19. The lowest BCUT2D eigenvalue weighted by molar-refractivity contribution is -0.0102. The zero-order valence-corrected chi connectivity index (χ0v) is 6.18. The molecule has 1 aliphatic rings. The van der Waals surface area contributed by atoms with E-state index in [9.17, 15) is 0 Å². The molecule has 0 aromatic rings. The number of aliphatic hydroxyl groups is 2. The zero-order valence-electron chi connectivity index (χ0n) is 5.03. The molecule has 0 radical (unpaired) electrons. The van der Waals surface area contributed by atoms with Gasteiger partial charge in [0.15, 0.2) is 0 Å². The van der Waals surface area contributed by atoms with E-state index in [2.05, 4.69) is 9.24 Å². The van der Waals surface area contributed by atoms with E-state index in [0.717, 1.165) is 0 Å². The van der Waals surface area contributed by atoms with Crippen LogP contribution >= 0.6 is 9.24 Å². The Labute approximate surface area is 56.2 Å². The van der Waals surface area contributed by atoms with E-state index in [4.69, 9.17) is 14.9 Å². The molecule has 3 nitrogen and oxygen atoms in total. The van der Waals surface area contributed by atoms with Crippen molar-refractivity contribution >= 4 is 9.24 Å². The van der Waals surface area contributed by atoms with Crippen molar-refractivity contribution < 1.29 is 14.9 Å². The lowest BCUT2D eigenvalue weighted by Crippen LogP contribution is -2.29. The van der Waals surface area contributed by atoms with Gasteiger partial charge in [0.2, 0.25) is 0 Å². The Kier molecular flexibility index (Phi) is 2.42. The van der Waals surface area contributed by atoms with Gasteiger partial charge in [-0.05, 0) is 6.42 Å². The van der Waals surface area contributed by atoms with Gasteiger partial charge in [-0.2, -0.15) is 0 Å². The molecule has 4 heteroatoms. The summed E-state index contributed by atoms with van der Waals surface area (Å²) >= 11 is 0. The van der Waals surface area contributed by atoms with Crippen molar-refractivity contribution in [1.29, 1.82) is 0 Å². The molecule has 4 atom stereocenters. The molecular weight excluding hydrogens is 139 g/mol. The fourth-order valence-corrected chi connectivity index (χ4v) is 1.29. The van der Waals surface area contributed by atoms with Crippen molar-refractivity contribution in [2.45, 2.75) is 24.5 Å². The Hall–Kier alpha value is 0.310. The van der Waals surface area contributed by atoms with Gasteiger partial charge in [0.1, 0.15) is 6.10 Å². The highest BCUT2D eigenvalue weighted by molar-refractivity contribution is 7.17. The zero-order chi connectivity index (χ0) is 6.85. The summed E-state index contributed by atoms with van der Waals surface area (Å²) in [5, 5.41) is 18.0. The largest absolute Gasteiger partial charge is 0.390 e. The van der Waals surface area contributed by atoms with E-state index in [1.54, 1.807) is 0 Å². The average Bonchev–Trinajstić information content (AvgIpc) is 2.13. The van der Waals surface area contributed by atoms with Crippen LogP contribution in [-0.2, 0) is 4.74 Å². The van der Waals surface area contributed by atoms with Crippen LogP contribution in [-0.4, -0.2) is 34.9 Å². The lowest BCUT2D eigenvalue weighted by Gasteiger charge is -2.15. The van der Waals surface area contributed by atoms with Crippen LogP contribution in [0.15, 0.2) is 0 Å². The van der Waals surface area contributed by atoms with Gasteiger partial charge < -0.3 is 14.9 Å². The van der Waals surface area contributed by atoms with Crippen LogP contribution in [0, 0.1) is 0 Å². The molecular formula is C5H11O3P. The SMILES string of the molecule is OC(P)[C@H]1OCC[C@@H]1O. The molecule has 0 spiro atoms. The first-order valence-electron chi connectivity index (χ1n) is 2.95. The minimum absolute atomic E-state index is 0.394. The van der Waals surface area contributed by atoms with E-state index in [0.29, 0.717) is 13.0 Å². The number of rotatable bonds is 1. The second-order valence-corrected chi connectivity index (χ2v) is 2.87. The van der Waals surface area contributed by atoms with Gasteiger partial charge in [0, 0.05) is 6.61 Å². The first-order chi connectivity index (χ1) is 4.22. The van der Waals surface area contributed by atoms with E-state index in [1.807, 2.05) is 0 Å². The monoisotopic (exact) mass is 150 g/mol. The molecule has 0 aliphatic carbocycles. The summed E-state index contributed by atoms with van der Waals surface area (Å²) < 4.78 is 5.01. The van der Waals surface area contributed by atoms with Crippen LogP contribution in [0.4, 0.5) is 0 Å². The van der Waals surface area contributed by atoms with Gasteiger partial charge in [-0.15, -0.1) is 9.24 Å². The highest BCUT2D eigenvalue weighted by atomic mass is 31.0. The Balaban J connectivity index is 2.40. The van der Waals surface area contributed by atoms with Crippen LogP contribution < -0.4 is 0 Å². The van der Waals surface area contributed by atoms with Gasteiger partial charge >= 0.3 is 0 Å². The van der Waals surface area contributed by atoms with E-state index >= 15 is 0 Å². The average molecular weight is 150 g/mol. The van der Waals surface area contributed by atoms with Crippen LogP contribution in [0.25, 0.3) is 0 Å². The van der Waals surface area contributed by atoms with E-state index in [-0.39, 0.29) is 0 Å². The molecule has 2 N–H and O–H groups in total. The van der Waals surface area contributed by atoms with Crippen molar-refractivity contribution in [2.75, 3.05) is 6.61 Å². The first kappa shape index (κ1) is 7.42. The van der Waals surface area contributed by atoms with Crippen molar-refractivity contribution in [3.8, 4) is 0 Å². The predicted octanol–water partition coefficient (Wildman–Crippen LogP) is -0.670. The number of ether oxygens (including phenoxy) is 1. The van der Waals surface area contributed by atoms with Crippen molar-refractivity contribution in [2.24, 2.45) is 0 Å². The summed E-state index contributed by atoms with van der Waals surface area (Å²) in [5.41, 5.74) is 0. The normalized spacial score (nSPS) is 39.0. The summed E-state index contributed by atoms with van der Waals surface area (Å²) in [4.78, 5) is 0. The molecule has 1 heterocycles. The fraction of sp³-hybridized carbons (Fsp3) is 1.00. The Morgan fingerprint density at radius 2 is 2.33 bits per heavy atom. The quantitative estimate of drug-likeness (QED) is 0.487. The summed E-state index contributed by atoms with van der Waals surface area (Å²) in [5.74, 6) is -0.637. The minimum Gasteiger partial charge on any atom is -0.390 e. The smallest absolute Gasteiger partial charge is 0.113 e. The molecule has 0 bridgehead atoms. The van der Waals surface area contributed by atoms with Crippen LogP contribution in [0.2, 0.25) is 0 Å². The molecule has 1 fully saturated rings. The van der Waals surface area contributed by atoms with E-state index < -0.39 is 18.1 Å². The molecule has 0 saturated carbocycles. The standard InChI is InChI=1S/C5H11O3P/c6-3-1-2-8-4(3)5(7)9/h3-7H,1-2,9H2/t3-,4-,5?/m0/s1. The van der Waals surface area contributed by atoms with Crippen LogP contribution in [0.1, 0.15) is 6.42 Å². The summed E-state index contributed by atoms with van der Waals surface area (Å²) in [6.07, 6.45) is -0.247. The Bertz CT molecular complexity index is 96.2. The van der Waals surface area contributed by atoms with Gasteiger partial charge in [-0.3, -0.25) is 0 Å². The first-order valence-corrected chi connectivity index (χ1v) is 3.62. The molecule has 0 aromatic heterocycles. The van der Waals surface area contributed by atoms with Crippen molar-refractivity contribution in [1.82, 2.24) is 0 Å². The number of aliphatic hydroxyl groups excluding tert-OH is 2. The van der Waals surface area contributed by atoms with Crippen LogP contribution in [0.5, 0.6) is 0 Å². The molecule has 2 unspecified atom stereocenters. The minimum atomic E-state index is -0.637. The molecule has 1 saturated heterocycles. The maximum absolute atomic E-state index is 9.06. The topological polar surface area (TPSA) is 49.7 Å². The third kappa shape index (κ3) is 1.62. The molecule has 1 aliphatic heterocycles. The fourth-order valence-electron chi connectivity index (χ4n) is 0.926. The maximum Gasteiger partial charge on any atom is 0.113 e. The van der Waals surface area contributed by atoms with Gasteiger partial charge in [0.05, 0.1) is 11.9 Å². The van der Waals surface area contributed by atoms with Crippen LogP contribution in [0.3, 0.4) is 0 Å². The van der Waals surface area contributed by atoms with Crippen molar-refractivity contribution in [3.63, 3.8) is 0 Å². The second kappa shape index (κ2) is 2.93. The predicted molar refractivity (Wildman–Crippen MR) is 36.1 cm³/mol. The lowest BCUT2D eigenvalue weighted by atomic mass is 10.2. The van der Waals surface area contributed by atoms with Crippen molar-refractivity contribution in [3.05, 3.63) is 0 Å². The maximum atomic E-state index is 9.06. The summed E-state index contributed by atoms with van der Waals surface area (Å²) in [7, 11) is 2.20. The molecule has 9 heavy (non-hydrogen) atoms. The summed E-state index contributed by atoms with van der Waals surface area (Å²) in [6, 6.07) is 0. The molecule has 54 valence electrons. The highest BCUT2D eigenvalue weighted by Gasteiger charge is 2.29. The number of hydrogen-bond donors (Lipinski definition) is 2. The molecule has 1 rings (SSSR count). The van der Waals surface area contributed by atoms with E-state index in [1.165, 1.54) is 0 Å². The second-order valence-electron chi connectivity index (χ2n) is 2.18. The Morgan fingerprint density at radius 3 is 2.56 bits per heavy atom. The molecule has 0 amide bonds. The molecule has 0 aromatic carbocycles. The third-order valence-electron chi connectivity index (χ3n) is 1.44. The van der Waals surface area contributed by atoms with Gasteiger partial charge in [-0.1, -0.05) is 0 Å². The van der Waals surface area contributed by atoms with Gasteiger partial charge in [0.25, 0.3) is 0 Å².